The van der Waals surface area contributed by atoms with Crippen LogP contribution in [0.2, 0.25) is 0 Å². The summed E-state index contributed by atoms with van der Waals surface area (Å²) in [7, 11) is 0. The van der Waals surface area contributed by atoms with E-state index in [0.29, 0.717) is 53.4 Å². The maximum absolute atomic E-state index is 14.8. The molecule has 682 valence electrons. The van der Waals surface area contributed by atoms with Crippen molar-refractivity contribution < 1.29 is 86.9 Å². The van der Waals surface area contributed by atoms with Gasteiger partial charge in [-0.15, -0.1) is 0 Å². The fraction of sp³-hybridized carbons (Fsp3) is 0.526. The van der Waals surface area contributed by atoms with E-state index in [4.69, 9.17) is 61.5 Å². The highest BCUT2D eigenvalue weighted by molar-refractivity contribution is 6.00. The molecule has 38 N–H and O–H groups in total. The number of nitrogens with two attached hydrogens (primary N) is 7. The van der Waals surface area contributed by atoms with Gasteiger partial charge in [0, 0.05) is 67.9 Å². The van der Waals surface area contributed by atoms with E-state index in [0.717, 1.165) is 0 Å². The number of hydrogen-bond donors (Lipinski definition) is 31. The van der Waals surface area contributed by atoms with Gasteiger partial charge in [-0.2, -0.15) is 0 Å². The second-order valence-corrected chi connectivity index (χ2v) is 28.8. The van der Waals surface area contributed by atoms with E-state index >= 15 is 0 Å². The first kappa shape index (κ1) is 103. The molecule has 0 saturated heterocycles. The number of aromatic nitrogens is 3. The smallest absolute Gasteiger partial charge is 0.326 e. The molecule has 0 spiro atoms. The molecule has 0 aliphatic rings. The van der Waals surface area contributed by atoms with Crippen LogP contribution in [0.4, 0.5) is 0 Å². The fourth-order valence-electron chi connectivity index (χ4n) is 12.3. The molecule has 4 rings (SSSR count). The number of benzene rings is 2. The molecule has 2 heterocycles. The normalized spacial score (nSPS) is 13.3. The van der Waals surface area contributed by atoms with Gasteiger partial charge in [0.1, 0.15) is 54.4 Å². The topological polar surface area (TPSA) is 816 Å². The average Bonchev–Trinajstić information content (AvgIpc) is 1.66. The number of carboxylic acid groups (broad SMARTS) is 2. The molecule has 2 aromatic heterocycles. The number of para-hydroxylation sites is 1. The van der Waals surface area contributed by atoms with Crippen molar-refractivity contribution in [3.8, 4) is 0 Å². The molecule has 14 amide bonds. The second kappa shape index (κ2) is 56.8. The number of imidazole rings is 1. The Labute approximate surface area is 713 Å². The van der Waals surface area contributed by atoms with Crippen molar-refractivity contribution in [2.45, 2.75) is 182 Å². The Kier molecular flexibility index (Phi) is 47.0. The number of guanidine groups is 3. The van der Waals surface area contributed by atoms with E-state index < -0.39 is 206 Å². The van der Waals surface area contributed by atoms with Crippen LogP contribution in [0.25, 0.3) is 10.9 Å². The van der Waals surface area contributed by atoms with Crippen LogP contribution in [0, 0.1) is 16.2 Å². The molecule has 4 aromatic rings. The quantitative estimate of drug-likeness (QED) is 0.0111. The third-order valence-corrected chi connectivity index (χ3v) is 18.8. The Balaban J connectivity index is 1.51. The Morgan fingerprint density at radius 2 is 0.726 bits per heavy atom. The van der Waals surface area contributed by atoms with Crippen LogP contribution in [0.1, 0.15) is 120 Å². The van der Waals surface area contributed by atoms with Gasteiger partial charge >= 0.3 is 11.9 Å². The number of aromatic amines is 2. The summed E-state index contributed by atoms with van der Waals surface area (Å²) >= 11 is 0. The number of amides is 14. The molecular weight excluding hydrogens is 1620 g/mol. The summed E-state index contributed by atoms with van der Waals surface area (Å²) in [5.41, 5.74) is 41.3. The molecule has 0 radical (unpaired) electrons. The maximum atomic E-state index is 14.8. The number of unbranched alkanes of at least 4 members (excludes halogenated alkanes) is 3. The third kappa shape index (κ3) is 41.1. The van der Waals surface area contributed by atoms with Crippen molar-refractivity contribution in [3.05, 3.63) is 90.1 Å². The summed E-state index contributed by atoms with van der Waals surface area (Å²) in [6.07, 6.45) is 4.87. The van der Waals surface area contributed by atoms with Gasteiger partial charge in [-0.25, -0.2) is 9.78 Å². The third-order valence-electron chi connectivity index (χ3n) is 18.8. The molecule has 48 nitrogen and oxygen atoms in total. The number of nitrogens with one attached hydrogen (secondary N) is 22. The van der Waals surface area contributed by atoms with E-state index in [1.807, 2.05) is 0 Å². The zero-order chi connectivity index (χ0) is 91.5. The first-order valence-electron chi connectivity index (χ1n) is 40.4. The molecule has 0 unspecified atom stereocenters. The molecule has 0 fully saturated rings. The Morgan fingerprint density at radius 1 is 0.371 bits per heavy atom. The van der Waals surface area contributed by atoms with Crippen LogP contribution in [0.3, 0.4) is 0 Å². The van der Waals surface area contributed by atoms with Crippen molar-refractivity contribution >= 4 is 123 Å². The van der Waals surface area contributed by atoms with Crippen molar-refractivity contribution in [3.63, 3.8) is 0 Å². The summed E-state index contributed by atoms with van der Waals surface area (Å²) < 4.78 is 0. The summed E-state index contributed by atoms with van der Waals surface area (Å²) in [6.45, 7) is -3.00. The minimum absolute atomic E-state index is 0.00694. The van der Waals surface area contributed by atoms with Crippen LogP contribution in [-0.2, 0) is 96.0 Å². The lowest BCUT2D eigenvalue weighted by molar-refractivity contribution is -0.142. The average molecular weight is 1740 g/mol. The molecule has 0 aliphatic heterocycles. The van der Waals surface area contributed by atoms with Crippen LogP contribution in [0.5, 0.6) is 0 Å². The van der Waals surface area contributed by atoms with Gasteiger partial charge in [-0.05, 0) is 133 Å². The number of nitrogens with zero attached hydrogens (tertiary/aromatic N) is 1. The molecule has 0 aliphatic carbocycles. The van der Waals surface area contributed by atoms with E-state index in [9.17, 15) is 81.8 Å². The van der Waals surface area contributed by atoms with Gasteiger partial charge in [0.25, 0.3) is 0 Å². The Hall–Kier alpha value is -13.6. The van der Waals surface area contributed by atoms with Crippen LogP contribution >= 0.6 is 0 Å². The Bertz CT molecular complexity index is 4210. The zero-order valence-corrected chi connectivity index (χ0v) is 68.8. The number of hydrogen-bond acceptors (Lipinski definition) is 24. The monoisotopic (exact) mass is 1740 g/mol. The van der Waals surface area contributed by atoms with Crippen molar-refractivity contribution in [1.82, 2.24) is 105 Å². The molecule has 48 heteroatoms. The minimum Gasteiger partial charge on any atom is -0.481 e. The van der Waals surface area contributed by atoms with Crippen LogP contribution in [0.15, 0.2) is 73.3 Å². The van der Waals surface area contributed by atoms with Gasteiger partial charge in [-0.3, -0.25) is 88.1 Å². The maximum Gasteiger partial charge on any atom is 0.326 e. The number of carbonyl (C=O) groups is 16. The molecule has 0 saturated carbocycles. The van der Waals surface area contributed by atoms with Crippen LogP contribution < -0.4 is 131 Å². The van der Waals surface area contributed by atoms with Gasteiger partial charge in [0.15, 0.2) is 17.9 Å². The van der Waals surface area contributed by atoms with Gasteiger partial charge in [0.2, 0.25) is 82.7 Å². The lowest BCUT2D eigenvalue weighted by atomic mass is 10.0. The largest absolute Gasteiger partial charge is 0.481 e. The zero-order valence-electron chi connectivity index (χ0n) is 68.8. The van der Waals surface area contributed by atoms with E-state index in [1.165, 1.54) is 12.5 Å². The number of aliphatic carboxylic acids is 2. The van der Waals surface area contributed by atoms with Gasteiger partial charge in [0.05, 0.1) is 51.5 Å². The molecular formula is C76H120N30O18. The predicted octanol–water partition coefficient (Wildman–Crippen LogP) is -9.07. The summed E-state index contributed by atoms with van der Waals surface area (Å²) in [5, 5.41) is 84.9. The molecule has 0 bridgehead atoms. The number of H-pyrrole nitrogens is 2. The summed E-state index contributed by atoms with van der Waals surface area (Å²) in [6, 6.07) is 1.22. The minimum atomic E-state index is -1.48. The van der Waals surface area contributed by atoms with Crippen molar-refractivity contribution in [2.75, 3.05) is 72.0 Å². The summed E-state index contributed by atoms with van der Waals surface area (Å²) in [4.78, 5) is 227. The SMILES string of the molecule is N=C(N)NCCC[C@H](NC(=O)[C@H](Cc1cnc[nH]1)NC(=O)[C@H](CCCCN)NC(=O)CNC(=O)[C@H](Cc1ccccc1)NC(=O)[C@H](Cc1c[nH]c2ccccc12)NC(=O)CNC(=O)CNC(=O)[C@H](CCCCN)NC(=O)[C@H](CCCCN)NC(=O)[C@H](CCCNC(=N)N)NC(=O)[C@H](CCCNC(=N)N)NC(=O)CNC(=O)CNC(=O)[C@@H](N)CC(=O)O)C(=O)O. The number of carboxylic acids is 2. The second-order valence-electron chi connectivity index (χ2n) is 28.8. The van der Waals surface area contributed by atoms with Gasteiger partial charge < -0.3 is 151 Å². The van der Waals surface area contributed by atoms with Crippen molar-refractivity contribution in [2.24, 2.45) is 40.1 Å². The van der Waals surface area contributed by atoms with E-state index in [-0.39, 0.29) is 135 Å². The fourth-order valence-corrected chi connectivity index (χ4v) is 12.3. The predicted molar refractivity (Wildman–Crippen MR) is 451 cm³/mol. The molecule has 124 heavy (non-hydrogen) atoms. The lowest BCUT2D eigenvalue weighted by Crippen LogP contribution is -2.59. The highest BCUT2D eigenvalue weighted by atomic mass is 16.4. The van der Waals surface area contributed by atoms with E-state index in [2.05, 4.69) is 105 Å². The first-order chi connectivity index (χ1) is 59.2. The summed E-state index contributed by atoms with van der Waals surface area (Å²) in [5.74, 6) is -16.5. The van der Waals surface area contributed by atoms with Crippen molar-refractivity contribution in [1.29, 1.82) is 16.2 Å². The molecule has 2 aromatic carbocycles. The number of carbonyl (C=O) groups excluding carboxylic acids is 14. The first-order valence-corrected chi connectivity index (χ1v) is 40.4. The lowest BCUT2D eigenvalue weighted by Gasteiger charge is -2.27. The highest BCUT2D eigenvalue weighted by Crippen LogP contribution is 2.20. The van der Waals surface area contributed by atoms with Gasteiger partial charge in [-0.1, -0.05) is 48.5 Å². The molecule has 10 atom stereocenters. The Morgan fingerprint density at radius 3 is 1.16 bits per heavy atom. The standard InChI is InChI=1S/C76H120N30O18/c77-25-9-6-19-49(101-69(119)52(21-8-11-27-79)102-70(120)53(23-13-29-89-75(83)84)103-67(117)51(22-12-28-88-74(81)82)99-60(109)39-92-58(107)37-94-64(114)47(80)34-63(112)113)65(115)95-38-59(108)93-40-61(110)100-56(32-44-35-91-48-18-5-4-17-46(44)48)71(121)105-55(31-43-15-2-1-3-16-43)66(116)96-41-62(111)98-50(20-7-10-26-78)68(118)106-57(33-45-36-87-42-97-45)72(122)104-54(73(123)124)24-14-30-90-76(85)86/h1-5,15-18,35-36,42,47,49-57,91H,6-14,19-34,37-41,77-80H2,(H,87,97)(H,92,107)(H,93,108)(H,94,114)(H,95,115)(H,96,116)(H,98,111)(H,99,109)(H,100,110)(H,101,119)(H,102,120)(H,103,117)(H,104,122)(H,105,121)(H,106,118)(H,112,113)(H,123,124)(H4,81,82,88)(H4,83,84,89)(H4,85,86,90)/t47-,49-,50-,51-,52-,53-,54-,55-,56-,57-/m0/s1. The number of rotatable bonds is 61. The van der Waals surface area contributed by atoms with Crippen LogP contribution in [-0.4, -0.2) is 270 Å². The number of fused-ring (bicyclic) bond motifs is 1. The van der Waals surface area contributed by atoms with E-state index in [1.54, 1.807) is 60.8 Å². The highest BCUT2D eigenvalue weighted by Gasteiger charge is 2.35.